The summed E-state index contributed by atoms with van der Waals surface area (Å²) in [5.74, 6) is 0.726. The Morgan fingerprint density at radius 2 is 1.93 bits per heavy atom. The van der Waals surface area contributed by atoms with E-state index in [9.17, 15) is 9.59 Å². The molecule has 8 heteroatoms. The van der Waals surface area contributed by atoms with Crippen molar-refractivity contribution < 1.29 is 9.59 Å². The predicted octanol–water partition coefficient (Wildman–Crippen LogP) is 2.13. The maximum atomic E-state index is 12.6. The van der Waals surface area contributed by atoms with E-state index in [1.807, 2.05) is 42.8 Å². The van der Waals surface area contributed by atoms with Gasteiger partial charge in [0.2, 0.25) is 11.8 Å². The van der Waals surface area contributed by atoms with Gasteiger partial charge in [-0.15, -0.1) is 0 Å². The van der Waals surface area contributed by atoms with E-state index in [4.69, 9.17) is 0 Å². The highest BCUT2D eigenvalue weighted by Gasteiger charge is 2.35. The van der Waals surface area contributed by atoms with Crippen molar-refractivity contribution in [1.82, 2.24) is 24.8 Å². The maximum absolute atomic E-state index is 12.6. The van der Waals surface area contributed by atoms with Gasteiger partial charge in [-0.1, -0.05) is 6.07 Å². The molecule has 0 bridgehead atoms. The van der Waals surface area contributed by atoms with Crippen LogP contribution in [0.3, 0.4) is 0 Å². The Hall–Kier alpha value is -3.55. The first kappa shape index (κ1) is 19.8. The molecule has 0 aliphatic carbocycles. The Bertz CT molecular complexity index is 1060. The minimum absolute atomic E-state index is 0.0171. The van der Waals surface area contributed by atoms with Gasteiger partial charge < -0.3 is 14.8 Å². The third kappa shape index (κ3) is 4.07. The van der Waals surface area contributed by atoms with E-state index in [1.165, 1.54) is 5.56 Å². The summed E-state index contributed by atoms with van der Waals surface area (Å²) in [5, 5.41) is 2.95. The van der Waals surface area contributed by atoms with Crippen molar-refractivity contribution in [3.8, 4) is 11.6 Å². The van der Waals surface area contributed by atoms with Gasteiger partial charge in [0.15, 0.2) is 11.6 Å². The van der Waals surface area contributed by atoms with Crippen LogP contribution in [-0.4, -0.2) is 44.4 Å². The van der Waals surface area contributed by atoms with Crippen molar-refractivity contribution in [3.05, 3.63) is 60.2 Å². The number of hydrogen-bond acceptors (Lipinski definition) is 5. The number of nitrogens with one attached hydrogen (secondary N) is 1. The van der Waals surface area contributed by atoms with E-state index < -0.39 is 0 Å². The van der Waals surface area contributed by atoms with Gasteiger partial charge in [-0.25, -0.2) is 15.0 Å². The van der Waals surface area contributed by atoms with E-state index in [1.54, 1.807) is 29.6 Å². The quantitative estimate of drug-likeness (QED) is 0.679. The van der Waals surface area contributed by atoms with Crippen LogP contribution in [0.25, 0.3) is 11.6 Å². The number of nitrogens with zero attached hydrogens (tertiary/aromatic N) is 5. The largest absolute Gasteiger partial charge is 0.354 e. The SMILES string of the molecule is Cc1ccc(N2CC(C(=O)NCCn3ccnc3-c3ncccn3)CC2=O)cc1C. The minimum atomic E-state index is -0.348. The van der Waals surface area contributed by atoms with Crippen LogP contribution in [-0.2, 0) is 16.1 Å². The number of rotatable bonds is 6. The lowest BCUT2D eigenvalue weighted by molar-refractivity contribution is -0.126. The molecule has 1 aliphatic rings. The highest BCUT2D eigenvalue weighted by Crippen LogP contribution is 2.27. The number of imidazole rings is 1. The molecule has 1 aliphatic heterocycles. The molecule has 2 amide bonds. The van der Waals surface area contributed by atoms with E-state index in [0.29, 0.717) is 31.3 Å². The molecular formula is C22H24N6O2. The predicted molar refractivity (Wildman–Crippen MR) is 113 cm³/mol. The van der Waals surface area contributed by atoms with Crippen LogP contribution in [0.2, 0.25) is 0 Å². The third-order valence-corrected chi connectivity index (χ3v) is 5.43. The summed E-state index contributed by atoms with van der Waals surface area (Å²) in [6.45, 7) is 5.44. The summed E-state index contributed by atoms with van der Waals surface area (Å²) in [5.41, 5.74) is 3.16. The van der Waals surface area contributed by atoms with Gasteiger partial charge in [0.25, 0.3) is 0 Å². The van der Waals surface area contributed by atoms with E-state index >= 15 is 0 Å². The lowest BCUT2D eigenvalue weighted by Gasteiger charge is -2.18. The first-order valence-electron chi connectivity index (χ1n) is 9.97. The molecule has 1 fully saturated rings. The van der Waals surface area contributed by atoms with Gasteiger partial charge in [0.1, 0.15) is 0 Å². The second kappa shape index (κ2) is 8.44. The second-order valence-electron chi connectivity index (χ2n) is 7.48. The number of hydrogen-bond donors (Lipinski definition) is 1. The first-order valence-corrected chi connectivity index (χ1v) is 9.97. The molecule has 8 nitrogen and oxygen atoms in total. The van der Waals surface area contributed by atoms with Crippen LogP contribution in [0.15, 0.2) is 49.1 Å². The Morgan fingerprint density at radius 3 is 2.70 bits per heavy atom. The molecule has 0 spiro atoms. The van der Waals surface area contributed by atoms with Crippen molar-refractivity contribution in [3.63, 3.8) is 0 Å². The number of carbonyl (C=O) groups excluding carboxylic acids is 2. The van der Waals surface area contributed by atoms with E-state index in [-0.39, 0.29) is 24.2 Å². The molecule has 3 aromatic rings. The molecule has 1 atom stereocenters. The number of aryl methyl sites for hydroxylation is 2. The second-order valence-corrected chi connectivity index (χ2v) is 7.48. The molecule has 1 unspecified atom stereocenters. The molecule has 1 aromatic carbocycles. The Kier molecular flexibility index (Phi) is 5.56. The number of aromatic nitrogens is 4. The molecule has 4 rings (SSSR count). The summed E-state index contributed by atoms with van der Waals surface area (Å²) in [6, 6.07) is 7.69. The lowest BCUT2D eigenvalue weighted by Crippen LogP contribution is -2.34. The van der Waals surface area contributed by atoms with Gasteiger partial charge >= 0.3 is 0 Å². The molecular weight excluding hydrogens is 380 g/mol. The molecule has 1 N–H and O–H groups in total. The van der Waals surface area contributed by atoms with Crippen LogP contribution < -0.4 is 10.2 Å². The van der Waals surface area contributed by atoms with Gasteiger partial charge in [-0.3, -0.25) is 9.59 Å². The normalized spacial score (nSPS) is 16.1. The Morgan fingerprint density at radius 1 is 1.13 bits per heavy atom. The fraction of sp³-hybridized carbons (Fsp3) is 0.318. The summed E-state index contributed by atoms with van der Waals surface area (Å²) in [7, 11) is 0. The van der Waals surface area contributed by atoms with Gasteiger partial charge in [0.05, 0.1) is 5.92 Å². The zero-order valence-corrected chi connectivity index (χ0v) is 17.1. The van der Waals surface area contributed by atoms with Crippen LogP contribution >= 0.6 is 0 Å². The molecule has 30 heavy (non-hydrogen) atoms. The van der Waals surface area contributed by atoms with Gasteiger partial charge in [0, 0.05) is 56.5 Å². The smallest absolute Gasteiger partial charge is 0.227 e. The summed E-state index contributed by atoms with van der Waals surface area (Å²) in [6.07, 6.45) is 7.08. The lowest BCUT2D eigenvalue weighted by atomic mass is 10.1. The number of anilines is 1. The third-order valence-electron chi connectivity index (χ3n) is 5.43. The molecule has 1 saturated heterocycles. The van der Waals surface area contributed by atoms with Gasteiger partial charge in [-0.2, -0.15) is 0 Å². The Balaban J connectivity index is 1.34. The standard InChI is InChI=1S/C22H24N6O2/c1-15-4-5-18(12-16(15)2)28-14-17(13-19(28)29)22(30)26-9-11-27-10-8-25-21(27)20-23-6-3-7-24-20/h3-8,10,12,17H,9,11,13-14H2,1-2H3,(H,26,30). The van der Waals surface area contributed by atoms with Crippen molar-refractivity contribution >= 4 is 17.5 Å². The number of carbonyl (C=O) groups is 2. The fourth-order valence-electron chi connectivity index (χ4n) is 3.58. The molecule has 0 saturated carbocycles. The Labute approximate surface area is 175 Å². The highest BCUT2D eigenvalue weighted by atomic mass is 16.2. The number of benzene rings is 1. The first-order chi connectivity index (χ1) is 14.5. The summed E-state index contributed by atoms with van der Waals surface area (Å²) < 4.78 is 1.90. The average Bonchev–Trinajstić information content (AvgIpc) is 3.37. The van der Waals surface area contributed by atoms with Gasteiger partial charge in [-0.05, 0) is 43.2 Å². The van der Waals surface area contributed by atoms with Crippen LogP contribution in [0.4, 0.5) is 5.69 Å². The summed E-state index contributed by atoms with van der Waals surface area (Å²) >= 11 is 0. The topological polar surface area (TPSA) is 93.0 Å². The monoisotopic (exact) mass is 404 g/mol. The van der Waals surface area contributed by atoms with Crippen molar-refractivity contribution in [2.75, 3.05) is 18.0 Å². The molecule has 154 valence electrons. The van der Waals surface area contributed by atoms with Crippen molar-refractivity contribution in [2.24, 2.45) is 5.92 Å². The zero-order chi connectivity index (χ0) is 21.1. The molecule has 0 radical (unpaired) electrons. The summed E-state index contributed by atoms with van der Waals surface area (Å²) in [4.78, 5) is 39.5. The highest BCUT2D eigenvalue weighted by molar-refractivity contribution is 6.00. The molecule has 3 heterocycles. The zero-order valence-electron chi connectivity index (χ0n) is 17.1. The maximum Gasteiger partial charge on any atom is 0.227 e. The van der Waals surface area contributed by atoms with E-state index in [2.05, 4.69) is 20.3 Å². The van der Waals surface area contributed by atoms with Crippen LogP contribution in [0, 0.1) is 19.8 Å². The fourth-order valence-corrected chi connectivity index (χ4v) is 3.58. The minimum Gasteiger partial charge on any atom is -0.354 e. The van der Waals surface area contributed by atoms with Crippen LogP contribution in [0.1, 0.15) is 17.5 Å². The van der Waals surface area contributed by atoms with Crippen LogP contribution in [0.5, 0.6) is 0 Å². The van der Waals surface area contributed by atoms with Crippen molar-refractivity contribution in [1.29, 1.82) is 0 Å². The average molecular weight is 404 g/mol. The number of amides is 2. The van der Waals surface area contributed by atoms with Crippen molar-refractivity contribution in [2.45, 2.75) is 26.8 Å². The molecule has 2 aromatic heterocycles. The van der Waals surface area contributed by atoms with E-state index in [0.717, 1.165) is 11.3 Å².